The Morgan fingerprint density at radius 3 is 2.80 bits per heavy atom. The average Bonchev–Trinajstić information content (AvgIpc) is 3.21. The number of aliphatic hydroxyl groups is 1. The van der Waals surface area contributed by atoms with E-state index < -0.39 is 6.41 Å². The Morgan fingerprint density at radius 1 is 1.40 bits per heavy atom. The molecule has 0 bridgehead atoms. The maximum atomic E-state index is 10.0. The number of ether oxygens (including phenoxy) is 1. The highest BCUT2D eigenvalue weighted by Crippen LogP contribution is 2.51. The van der Waals surface area contributed by atoms with Crippen molar-refractivity contribution in [2.75, 3.05) is 32.8 Å². The van der Waals surface area contributed by atoms with E-state index in [0.29, 0.717) is 29.1 Å². The second kappa shape index (κ2) is 7.16. The third-order valence-electron chi connectivity index (χ3n) is 6.43. The molecule has 2 aliphatic heterocycles. The summed E-state index contributed by atoms with van der Waals surface area (Å²) in [6.07, 6.45) is 7.08. The summed E-state index contributed by atoms with van der Waals surface area (Å²) >= 11 is 5.93. The van der Waals surface area contributed by atoms with Crippen molar-refractivity contribution in [3.8, 4) is 0 Å². The Hall–Kier alpha value is -0.660. The first kappa shape index (κ1) is 17.7. The van der Waals surface area contributed by atoms with Crippen LogP contribution in [-0.2, 0) is 4.74 Å². The number of piperidine rings is 1. The first-order valence-electron chi connectivity index (χ1n) is 9.57. The van der Waals surface area contributed by atoms with Crippen molar-refractivity contribution >= 4 is 11.6 Å². The van der Waals surface area contributed by atoms with Crippen molar-refractivity contribution in [1.82, 2.24) is 19.8 Å². The molecule has 6 nitrogen and oxygen atoms in total. The Bertz CT molecular complexity index is 581. The van der Waals surface area contributed by atoms with Crippen molar-refractivity contribution < 1.29 is 9.84 Å². The predicted molar refractivity (Wildman–Crippen MR) is 96.4 cm³/mol. The van der Waals surface area contributed by atoms with E-state index in [9.17, 15) is 5.11 Å². The summed E-state index contributed by atoms with van der Waals surface area (Å²) < 4.78 is 5.34. The number of aliphatic hydroxyl groups excluding tert-OH is 1. The van der Waals surface area contributed by atoms with E-state index >= 15 is 0 Å². The lowest BCUT2D eigenvalue weighted by Crippen LogP contribution is -2.54. The van der Waals surface area contributed by atoms with Crippen LogP contribution in [-0.4, -0.2) is 70.1 Å². The Labute approximate surface area is 154 Å². The second-order valence-corrected chi connectivity index (χ2v) is 8.37. The molecular weight excluding hydrogens is 340 g/mol. The molecule has 140 valence electrons. The molecule has 1 unspecified atom stereocenters. The van der Waals surface area contributed by atoms with Gasteiger partial charge in [0, 0.05) is 37.9 Å². The van der Waals surface area contributed by atoms with Crippen molar-refractivity contribution in [3.05, 3.63) is 17.2 Å². The summed E-state index contributed by atoms with van der Waals surface area (Å²) in [6, 6.07) is 0.713. The first-order valence-corrected chi connectivity index (χ1v) is 9.95. The summed E-state index contributed by atoms with van der Waals surface area (Å²) in [5.41, 5.74) is 0.411. The van der Waals surface area contributed by atoms with Gasteiger partial charge in [0.1, 0.15) is 11.0 Å². The zero-order chi connectivity index (χ0) is 17.4. The summed E-state index contributed by atoms with van der Waals surface area (Å²) in [6.45, 7) is 6.71. The minimum absolute atomic E-state index is 0.411. The largest absolute Gasteiger partial charge is 0.356 e. The van der Waals surface area contributed by atoms with Gasteiger partial charge < -0.3 is 19.7 Å². The van der Waals surface area contributed by atoms with Crippen LogP contribution in [0.1, 0.15) is 50.8 Å². The van der Waals surface area contributed by atoms with Gasteiger partial charge in [0.2, 0.25) is 6.41 Å². The highest BCUT2D eigenvalue weighted by atomic mass is 35.5. The van der Waals surface area contributed by atoms with Gasteiger partial charge in [0.25, 0.3) is 0 Å². The van der Waals surface area contributed by atoms with Crippen LogP contribution in [0.15, 0.2) is 6.20 Å². The van der Waals surface area contributed by atoms with Crippen LogP contribution in [0, 0.1) is 5.41 Å². The number of H-pyrrole nitrogens is 1. The maximum Gasteiger partial charge on any atom is 0.216 e. The van der Waals surface area contributed by atoms with Crippen molar-refractivity contribution in [2.24, 2.45) is 5.41 Å². The number of aromatic nitrogens is 2. The van der Waals surface area contributed by atoms with Crippen LogP contribution in [0.4, 0.5) is 0 Å². The van der Waals surface area contributed by atoms with E-state index in [4.69, 9.17) is 16.3 Å². The number of hydrogen-bond donors (Lipinski definition) is 2. The van der Waals surface area contributed by atoms with E-state index in [1.165, 1.54) is 19.3 Å². The van der Waals surface area contributed by atoms with Crippen LogP contribution in [0.5, 0.6) is 0 Å². The second-order valence-electron chi connectivity index (χ2n) is 7.98. The lowest BCUT2D eigenvalue weighted by molar-refractivity contribution is -0.188. The number of hydrogen-bond acceptors (Lipinski definition) is 5. The quantitative estimate of drug-likeness (QED) is 0.781. The topological polar surface area (TPSA) is 64.6 Å². The molecule has 0 aromatic carbocycles. The van der Waals surface area contributed by atoms with Crippen molar-refractivity contribution in [2.45, 2.75) is 57.4 Å². The number of likely N-dealkylation sites (tertiary alicyclic amines) is 2. The van der Waals surface area contributed by atoms with Crippen molar-refractivity contribution in [3.63, 3.8) is 0 Å². The van der Waals surface area contributed by atoms with E-state index in [0.717, 1.165) is 44.8 Å². The summed E-state index contributed by atoms with van der Waals surface area (Å²) in [7, 11) is 0. The molecule has 1 atom stereocenters. The monoisotopic (exact) mass is 368 g/mol. The zero-order valence-corrected chi connectivity index (χ0v) is 15.7. The zero-order valence-electron chi connectivity index (χ0n) is 15.0. The molecule has 1 aliphatic carbocycles. The predicted octanol–water partition coefficient (Wildman–Crippen LogP) is 2.41. The lowest BCUT2D eigenvalue weighted by Gasteiger charge is -2.51. The molecule has 1 aromatic rings. The molecule has 3 fully saturated rings. The summed E-state index contributed by atoms with van der Waals surface area (Å²) in [4.78, 5) is 12.3. The van der Waals surface area contributed by atoms with Crippen LogP contribution in [0.25, 0.3) is 0 Å². The molecule has 2 N–H and O–H groups in total. The van der Waals surface area contributed by atoms with E-state index in [1.807, 2.05) is 6.92 Å². The van der Waals surface area contributed by atoms with Crippen LogP contribution < -0.4 is 0 Å². The van der Waals surface area contributed by atoms with Gasteiger partial charge in [0.15, 0.2) is 0 Å². The van der Waals surface area contributed by atoms with Gasteiger partial charge in [-0.05, 0) is 57.5 Å². The molecule has 7 heteroatoms. The molecule has 0 amide bonds. The normalized spacial score (nSPS) is 33.0. The van der Waals surface area contributed by atoms with Crippen molar-refractivity contribution in [1.29, 1.82) is 0 Å². The number of nitrogens with one attached hydrogen (secondary N) is 1. The van der Waals surface area contributed by atoms with Gasteiger partial charge in [-0.25, -0.2) is 4.98 Å². The SMILES string of the molecule is CCOC(O)N1CCC2(CC(N3CCC(c4nc(Cl)c[nH]4)CC3)C2)C1. The number of imidazole rings is 1. The maximum absolute atomic E-state index is 10.0. The highest BCUT2D eigenvalue weighted by Gasteiger charge is 2.51. The van der Waals surface area contributed by atoms with Crippen LogP contribution in [0.3, 0.4) is 0 Å². The molecule has 4 rings (SSSR count). The van der Waals surface area contributed by atoms with Crippen LogP contribution >= 0.6 is 11.6 Å². The summed E-state index contributed by atoms with van der Waals surface area (Å²) in [5, 5.41) is 10.6. The van der Waals surface area contributed by atoms with Gasteiger partial charge in [-0.3, -0.25) is 4.90 Å². The third-order valence-corrected chi connectivity index (χ3v) is 6.63. The standard InChI is InChI=1S/C18H29ClN4O2/c1-2-25-17(24)23-8-5-18(12-23)9-14(10-18)22-6-3-13(4-7-22)16-20-11-15(19)21-16/h11,13-14,17,24H,2-10,12H2,1H3,(H,20,21). The van der Waals surface area contributed by atoms with E-state index in [1.54, 1.807) is 6.20 Å². The molecule has 3 aliphatic rings. The minimum atomic E-state index is -0.723. The fraction of sp³-hybridized carbons (Fsp3) is 0.833. The molecule has 1 aromatic heterocycles. The molecule has 2 saturated heterocycles. The van der Waals surface area contributed by atoms with E-state index in [2.05, 4.69) is 19.8 Å². The lowest BCUT2D eigenvalue weighted by atomic mass is 9.64. The molecule has 3 heterocycles. The number of rotatable bonds is 5. The Kier molecular flexibility index (Phi) is 5.08. The Balaban J connectivity index is 1.24. The number of halogens is 1. The number of nitrogens with zero attached hydrogens (tertiary/aromatic N) is 3. The van der Waals surface area contributed by atoms with E-state index in [-0.39, 0.29) is 0 Å². The van der Waals surface area contributed by atoms with Crippen LogP contribution in [0.2, 0.25) is 5.15 Å². The molecule has 1 saturated carbocycles. The van der Waals surface area contributed by atoms with Gasteiger partial charge in [-0.15, -0.1) is 0 Å². The molecule has 25 heavy (non-hydrogen) atoms. The fourth-order valence-corrected chi connectivity index (χ4v) is 5.15. The smallest absolute Gasteiger partial charge is 0.216 e. The fourth-order valence-electron chi connectivity index (χ4n) is 5.00. The third kappa shape index (κ3) is 3.60. The highest BCUT2D eigenvalue weighted by molar-refractivity contribution is 6.29. The molecule has 0 radical (unpaired) electrons. The van der Waals surface area contributed by atoms with Gasteiger partial charge in [0.05, 0.1) is 0 Å². The van der Waals surface area contributed by atoms with Gasteiger partial charge >= 0.3 is 0 Å². The number of aromatic amines is 1. The molecular formula is C18H29ClN4O2. The summed E-state index contributed by atoms with van der Waals surface area (Å²) in [5.74, 6) is 1.56. The average molecular weight is 369 g/mol. The minimum Gasteiger partial charge on any atom is -0.356 e. The molecule has 1 spiro atoms. The van der Waals surface area contributed by atoms with Gasteiger partial charge in [-0.1, -0.05) is 11.6 Å². The van der Waals surface area contributed by atoms with Gasteiger partial charge in [-0.2, -0.15) is 0 Å². The first-order chi connectivity index (χ1) is 12.1. The Morgan fingerprint density at radius 2 is 2.16 bits per heavy atom.